The molecular formula is C12H12ClN3O3S. The summed E-state index contributed by atoms with van der Waals surface area (Å²) in [5.41, 5.74) is 0.908. The number of halogens is 1. The maximum atomic E-state index is 11.5. The molecule has 0 saturated carbocycles. The van der Waals surface area contributed by atoms with Crippen molar-refractivity contribution >= 4 is 22.4 Å². The Labute approximate surface area is 123 Å². The van der Waals surface area contributed by atoms with Crippen LogP contribution < -0.4 is 9.47 Å². The molecule has 0 amide bonds. The molecule has 0 saturated heterocycles. The fraction of sp³-hybridized carbons (Fsp3) is 0.333. The largest absolute Gasteiger partial charge is 0.486 e. The van der Waals surface area contributed by atoms with E-state index < -0.39 is 10.8 Å². The molecule has 3 rings (SSSR count). The van der Waals surface area contributed by atoms with Gasteiger partial charge in [0.2, 0.25) is 5.16 Å². The van der Waals surface area contributed by atoms with Crippen LogP contribution in [0.3, 0.4) is 0 Å². The molecule has 6 nitrogen and oxygen atoms in total. The van der Waals surface area contributed by atoms with Crippen molar-refractivity contribution in [3.8, 4) is 11.5 Å². The van der Waals surface area contributed by atoms with Gasteiger partial charge in [-0.2, -0.15) is 0 Å². The topological polar surface area (TPSA) is 66.2 Å². The number of ether oxygens (including phenoxy) is 2. The van der Waals surface area contributed by atoms with Crippen molar-refractivity contribution in [2.45, 2.75) is 11.7 Å². The standard InChI is InChI=1S/C12H12ClN3O3S/c1-20(17)12-15-14-7-16(12)6-8-4-9(13)11-10(5-8)18-2-3-19-11/h4-5,7H,2-3,6H2,1H3. The summed E-state index contributed by atoms with van der Waals surface area (Å²) in [6.07, 6.45) is 3.11. The van der Waals surface area contributed by atoms with Gasteiger partial charge < -0.3 is 14.0 Å². The Kier molecular flexibility index (Phi) is 3.62. The second kappa shape index (κ2) is 5.41. The van der Waals surface area contributed by atoms with E-state index in [-0.39, 0.29) is 0 Å². The molecule has 2 aromatic rings. The molecule has 2 heterocycles. The predicted octanol–water partition coefficient (Wildman–Crippen LogP) is 1.49. The third-order valence-electron chi connectivity index (χ3n) is 2.85. The first-order valence-corrected chi connectivity index (χ1v) is 7.88. The summed E-state index contributed by atoms with van der Waals surface area (Å²) in [6.45, 7) is 1.47. The van der Waals surface area contributed by atoms with Gasteiger partial charge in [0.1, 0.15) is 19.5 Å². The molecule has 8 heteroatoms. The summed E-state index contributed by atoms with van der Waals surface area (Å²) in [5, 5.41) is 8.56. The molecule has 1 atom stereocenters. The van der Waals surface area contributed by atoms with Gasteiger partial charge in [-0.05, 0) is 17.7 Å². The van der Waals surface area contributed by atoms with Crippen LogP contribution in [0.15, 0.2) is 23.6 Å². The highest BCUT2D eigenvalue weighted by Crippen LogP contribution is 2.38. The van der Waals surface area contributed by atoms with Crippen molar-refractivity contribution in [1.29, 1.82) is 0 Å². The summed E-state index contributed by atoms with van der Waals surface area (Å²) >= 11 is 6.18. The molecular weight excluding hydrogens is 302 g/mol. The van der Waals surface area contributed by atoms with E-state index in [4.69, 9.17) is 21.1 Å². The van der Waals surface area contributed by atoms with Gasteiger partial charge in [0.15, 0.2) is 11.5 Å². The minimum absolute atomic E-state index is 0.427. The van der Waals surface area contributed by atoms with E-state index in [0.29, 0.717) is 41.4 Å². The Morgan fingerprint density at radius 2 is 2.20 bits per heavy atom. The Morgan fingerprint density at radius 3 is 3.00 bits per heavy atom. The number of hydrogen-bond donors (Lipinski definition) is 0. The summed E-state index contributed by atoms with van der Waals surface area (Å²) in [5.74, 6) is 1.20. The lowest BCUT2D eigenvalue weighted by atomic mass is 10.2. The van der Waals surface area contributed by atoms with Crippen molar-refractivity contribution in [3.05, 3.63) is 29.0 Å². The molecule has 1 aromatic carbocycles. The minimum atomic E-state index is -1.19. The quantitative estimate of drug-likeness (QED) is 0.859. The third-order valence-corrected chi connectivity index (χ3v) is 3.96. The number of nitrogens with zero attached hydrogens (tertiary/aromatic N) is 3. The smallest absolute Gasteiger partial charge is 0.221 e. The maximum absolute atomic E-state index is 11.5. The van der Waals surface area contributed by atoms with Crippen LogP contribution in [0, 0.1) is 0 Å². The SMILES string of the molecule is CS(=O)c1nncn1Cc1cc(Cl)c2c(c1)OCCO2. The molecule has 0 bridgehead atoms. The second-order valence-corrected chi connectivity index (χ2v) is 5.98. The summed E-state index contributed by atoms with van der Waals surface area (Å²) in [7, 11) is -1.19. The molecule has 106 valence electrons. The molecule has 0 spiro atoms. The van der Waals surface area contributed by atoms with E-state index in [1.165, 1.54) is 0 Å². The molecule has 0 aliphatic carbocycles. The van der Waals surface area contributed by atoms with Crippen molar-refractivity contribution in [3.63, 3.8) is 0 Å². The molecule has 1 aliphatic rings. The van der Waals surface area contributed by atoms with Crippen LogP contribution in [0.2, 0.25) is 5.02 Å². The van der Waals surface area contributed by atoms with Gasteiger partial charge >= 0.3 is 0 Å². The summed E-state index contributed by atoms with van der Waals surface area (Å²) in [6, 6.07) is 3.67. The first-order chi connectivity index (χ1) is 9.65. The van der Waals surface area contributed by atoms with E-state index in [9.17, 15) is 4.21 Å². The van der Waals surface area contributed by atoms with Gasteiger partial charge in [0, 0.05) is 6.26 Å². The molecule has 0 N–H and O–H groups in total. The van der Waals surface area contributed by atoms with Crippen LogP contribution in [-0.2, 0) is 17.3 Å². The number of rotatable bonds is 3. The average Bonchev–Trinajstić information content (AvgIpc) is 2.87. The lowest BCUT2D eigenvalue weighted by molar-refractivity contribution is 0.171. The molecule has 1 unspecified atom stereocenters. The van der Waals surface area contributed by atoms with Crippen molar-refractivity contribution in [2.75, 3.05) is 19.5 Å². The van der Waals surface area contributed by atoms with E-state index in [2.05, 4.69) is 10.2 Å². The Balaban J connectivity index is 1.93. The van der Waals surface area contributed by atoms with E-state index in [1.54, 1.807) is 23.2 Å². The molecule has 0 radical (unpaired) electrons. The fourth-order valence-corrected chi connectivity index (χ4v) is 2.92. The number of aromatic nitrogens is 3. The Morgan fingerprint density at radius 1 is 1.40 bits per heavy atom. The zero-order chi connectivity index (χ0) is 14.1. The Hall–Kier alpha value is -1.60. The number of fused-ring (bicyclic) bond motifs is 1. The van der Waals surface area contributed by atoms with E-state index >= 15 is 0 Å². The van der Waals surface area contributed by atoms with E-state index in [0.717, 1.165) is 5.56 Å². The highest BCUT2D eigenvalue weighted by molar-refractivity contribution is 7.84. The third kappa shape index (κ3) is 2.51. The van der Waals surface area contributed by atoms with Crippen LogP contribution >= 0.6 is 11.6 Å². The van der Waals surface area contributed by atoms with Gasteiger partial charge in [0.05, 0.1) is 22.4 Å². The maximum Gasteiger partial charge on any atom is 0.221 e. The van der Waals surface area contributed by atoms with Crippen LogP contribution in [-0.4, -0.2) is 38.4 Å². The number of hydrogen-bond acceptors (Lipinski definition) is 5. The first-order valence-electron chi connectivity index (χ1n) is 5.94. The zero-order valence-corrected chi connectivity index (χ0v) is 12.3. The fourth-order valence-electron chi connectivity index (χ4n) is 2.03. The lowest BCUT2D eigenvalue weighted by Crippen LogP contribution is -2.16. The zero-order valence-electron chi connectivity index (χ0n) is 10.7. The summed E-state index contributed by atoms with van der Waals surface area (Å²) in [4.78, 5) is 0. The van der Waals surface area contributed by atoms with Crippen LogP contribution in [0.25, 0.3) is 0 Å². The first kappa shape index (κ1) is 13.4. The van der Waals surface area contributed by atoms with Crippen molar-refractivity contribution < 1.29 is 13.7 Å². The van der Waals surface area contributed by atoms with Crippen LogP contribution in [0.1, 0.15) is 5.56 Å². The van der Waals surface area contributed by atoms with Gasteiger partial charge in [-0.1, -0.05) is 11.6 Å². The summed E-state index contributed by atoms with van der Waals surface area (Å²) < 4.78 is 24.3. The van der Waals surface area contributed by atoms with Crippen LogP contribution in [0.4, 0.5) is 0 Å². The average molecular weight is 314 g/mol. The normalized spacial score (nSPS) is 15.1. The second-order valence-electron chi connectivity index (χ2n) is 4.30. The lowest BCUT2D eigenvalue weighted by Gasteiger charge is -2.20. The van der Waals surface area contributed by atoms with Crippen molar-refractivity contribution in [1.82, 2.24) is 14.8 Å². The minimum Gasteiger partial charge on any atom is -0.486 e. The van der Waals surface area contributed by atoms with Gasteiger partial charge in [0.25, 0.3) is 0 Å². The molecule has 0 fully saturated rings. The molecule has 1 aliphatic heterocycles. The van der Waals surface area contributed by atoms with Crippen LogP contribution in [0.5, 0.6) is 11.5 Å². The highest BCUT2D eigenvalue weighted by Gasteiger charge is 2.17. The van der Waals surface area contributed by atoms with Gasteiger partial charge in [-0.25, -0.2) is 0 Å². The van der Waals surface area contributed by atoms with Gasteiger partial charge in [-0.15, -0.1) is 10.2 Å². The predicted molar refractivity (Wildman–Crippen MR) is 73.9 cm³/mol. The number of benzene rings is 1. The van der Waals surface area contributed by atoms with Gasteiger partial charge in [-0.3, -0.25) is 4.21 Å². The highest BCUT2D eigenvalue weighted by atomic mass is 35.5. The Bertz CT molecular complexity index is 674. The molecule has 20 heavy (non-hydrogen) atoms. The monoisotopic (exact) mass is 313 g/mol. The van der Waals surface area contributed by atoms with E-state index in [1.807, 2.05) is 6.07 Å². The van der Waals surface area contributed by atoms with Crippen molar-refractivity contribution in [2.24, 2.45) is 0 Å². The molecule has 1 aromatic heterocycles.